The van der Waals surface area contributed by atoms with E-state index in [2.05, 4.69) is 10.3 Å². The van der Waals surface area contributed by atoms with Gasteiger partial charge in [-0.3, -0.25) is 9.69 Å². The Bertz CT molecular complexity index is 1240. The Balaban J connectivity index is 1.90. The molecule has 1 unspecified atom stereocenters. The number of carboxylic acid groups (broad SMARTS) is 1. The third-order valence-corrected chi connectivity index (χ3v) is 7.22. The van der Waals surface area contributed by atoms with Crippen molar-refractivity contribution in [1.29, 1.82) is 0 Å². The minimum atomic E-state index is -1.56. The number of aliphatic hydroxyl groups excluding tert-OH is 1. The minimum Gasteiger partial charge on any atom is -0.465 e. The molecule has 3 N–H and O–H groups in total. The van der Waals surface area contributed by atoms with E-state index in [9.17, 15) is 24.2 Å². The molecular weight excluding hydrogens is 511 g/mol. The summed E-state index contributed by atoms with van der Waals surface area (Å²) in [5.41, 5.74) is 1.71. The highest BCUT2D eigenvalue weighted by atomic mass is 19.1. The largest absolute Gasteiger partial charge is 0.465 e. The molecule has 2 amide bonds. The molecule has 0 saturated carbocycles. The second-order valence-corrected chi connectivity index (χ2v) is 11.3. The highest BCUT2D eigenvalue weighted by Gasteiger charge is 2.42. The van der Waals surface area contributed by atoms with Crippen molar-refractivity contribution >= 4 is 12.0 Å². The van der Waals surface area contributed by atoms with E-state index in [1.54, 1.807) is 29.2 Å². The molecule has 4 atom stereocenters. The molecule has 3 aromatic rings. The van der Waals surface area contributed by atoms with E-state index in [-0.39, 0.29) is 18.4 Å². The second-order valence-electron chi connectivity index (χ2n) is 11.3. The predicted molar refractivity (Wildman–Crippen MR) is 153 cm³/mol. The lowest BCUT2D eigenvalue weighted by Gasteiger charge is -2.44. The lowest BCUT2D eigenvalue weighted by molar-refractivity contribution is -0.134. The number of rotatable bonds is 12. The van der Waals surface area contributed by atoms with Crippen LogP contribution < -0.4 is 5.32 Å². The van der Waals surface area contributed by atoms with Gasteiger partial charge in [0.1, 0.15) is 5.82 Å². The minimum absolute atomic E-state index is 0.251. The molecule has 1 heterocycles. The fourth-order valence-electron chi connectivity index (χ4n) is 4.88. The monoisotopic (exact) mass is 552 g/mol. The number of hydrogen-bond acceptors (Lipinski definition) is 4. The molecular formula is C31H41FN4O4. The molecule has 9 heteroatoms. The van der Waals surface area contributed by atoms with Gasteiger partial charge in [0.05, 0.1) is 30.1 Å². The van der Waals surface area contributed by atoms with Gasteiger partial charge in [-0.25, -0.2) is 14.2 Å². The van der Waals surface area contributed by atoms with Crippen molar-refractivity contribution < 1.29 is 24.2 Å². The molecule has 0 aliphatic heterocycles. The van der Waals surface area contributed by atoms with E-state index < -0.39 is 35.6 Å². The molecule has 0 spiro atoms. The standard InChI is InChI=1S/C31H41FN4O4/c1-6-7-13-26(28(37)29(38)34-21(2)22-11-9-8-10-12-22)36(30(39)40)27(31(3,4)5)19-35-18-25(33-20-35)23-14-16-24(32)17-15-23/h8-12,14-18,20-21,26-28,37H,6-7,13,19H2,1-5H3,(H,34,38)(H,39,40)/t21-,26+,27?,28+/m1/s1. The van der Waals surface area contributed by atoms with Crippen LogP contribution >= 0.6 is 0 Å². The zero-order valence-corrected chi connectivity index (χ0v) is 23.9. The topological polar surface area (TPSA) is 108 Å². The van der Waals surface area contributed by atoms with Crippen LogP contribution in [0.2, 0.25) is 0 Å². The number of benzene rings is 2. The van der Waals surface area contributed by atoms with E-state index in [1.807, 2.05) is 65.0 Å². The molecule has 8 nitrogen and oxygen atoms in total. The first-order valence-corrected chi connectivity index (χ1v) is 13.7. The fraction of sp³-hybridized carbons (Fsp3) is 0.452. The fourth-order valence-corrected chi connectivity index (χ4v) is 4.88. The quantitative estimate of drug-likeness (QED) is 0.260. The average molecular weight is 553 g/mol. The average Bonchev–Trinajstić information content (AvgIpc) is 3.38. The summed E-state index contributed by atoms with van der Waals surface area (Å²) in [6.45, 7) is 9.87. The summed E-state index contributed by atoms with van der Waals surface area (Å²) in [4.78, 5) is 31.8. The molecule has 0 bridgehead atoms. The molecule has 2 aromatic carbocycles. The summed E-state index contributed by atoms with van der Waals surface area (Å²) in [5, 5.41) is 24.6. The number of aromatic nitrogens is 2. The van der Waals surface area contributed by atoms with Crippen molar-refractivity contribution in [1.82, 2.24) is 19.8 Å². The molecule has 0 aliphatic carbocycles. The van der Waals surface area contributed by atoms with E-state index in [0.717, 1.165) is 17.5 Å². The van der Waals surface area contributed by atoms with Crippen LogP contribution in [0.4, 0.5) is 9.18 Å². The first-order chi connectivity index (χ1) is 18.9. The summed E-state index contributed by atoms with van der Waals surface area (Å²) in [7, 11) is 0. The summed E-state index contributed by atoms with van der Waals surface area (Å²) < 4.78 is 15.2. The number of nitrogens with zero attached hydrogens (tertiary/aromatic N) is 3. The number of nitrogens with one attached hydrogen (secondary N) is 1. The Morgan fingerprint density at radius 2 is 1.75 bits per heavy atom. The molecule has 0 saturated heterocycles. The van der Waals surface area contributed by atoms with Crippen LogP contribution in [0, 0.1) is 11.2 Å². The molecule has 1 aromatic heterocycles. The van der Waals surface area contributed by atoms with Crippen molar-refractivity contribution in [2.75, 3.05) is 0 Å². The number of carbonyl (C=O) groups is 2. The molecule has 40 heavy (non-hydrogen) atoms. The van der Waals surface area contributed by atoms with Gasteiger partial charge >= 0.3 is 6.09 Å². The van der Waals surface area contributed by atoms with Crippen LogP contribution in [0.15, 0.2) is 67.1 Å². The van der Waals surface area contributed by atoms with Gasteiger partial charge in [-0.2, -0.15) is 0 Å². The third-order valence-electron chi connectivity index (χ3n) is 7.22. The first-order valence-electron chi connectivity index (χ1n) is 13.7. The van der Waals surface area contributed by atoms with Crippen LogP contribution in [0.5, 0.6) is 0 Å². The lowest BCUT2D eigenvalue weighted by atomic mass is 9.83. The zero-order valence-electron chi connectivity index (χ0n) is 23.9. The Labute approximate surface area is 235 Å². The van der Waals surface area contributed by atoms with Gasteiger partial charge < -0.3 is 20.1 Å². The maximum absolute atomic E-state index is 13.4. The van der Waals surface area contributed by atoms with Crippen LogP contribution in [0.25, 0.3) is 11.3 Å². The molecule has 0 radical (unpaired) electrons. The number of aliphatic hydroxyl groups is 1. The number of unbranched alkanes of at least 4 members (excludes halogenated alkanes) is 1. The van der Waals surface area contributed by atoms with E-state index in [0.29, 0.717) is 18.5 Å². The van der Waals surface area contributed by atoms with E-state index in [4.69, 9.17) is 0 Å². The number of imidazole rings is 1. The summed E-state index contributed by atoms with van der Waals surface area (Å²) in [5.74, 6) is -0.954. The summed E-state index contributed by atoms with van der Waals surface area (Å²) in [6.07, 6.45) is 2.39. The Hall–Kier alpha value is -3.72. The lowest BCUT2D eigenvalue weighted by Crippen LogP contribution is -2.59. The van der Waals surface area contributed by atoms with E-state index in [1.165, 1.54) is 17.0 Å². The SMILES string of the molecule is CCCC[C@@H]([C@H](O)C(=O)N[C@H](C)c1ccccc1)N(C(=O)O)C(Cn1cnc(-c2ccc(F)cc2)c1)C(C)(C)C. The second kappa shape index (κ2) is 13.6. The van der Waals surface area contributed by atoms with Gasteiger partial charge in [0.15, 0.2) is 6.10 Å². The van der Waals surface area contributed by atoms with E-state index >= 15 is 0 Å². The highest BCUT2D eigenvalue weighted by Crippen LogP contribution is 2.31. The van der Waals surface area contributed by atoms with Gasteiger partial charge in [-0.05, 0) is 48.6 Å². The maximum Gasteiger partial charge on any atom is 0.407 e. The zero-order chi connectivity index (χ0) is 29.4. The highest BCUT2D eigenvalue weighted by molar-refractivity contribution is 5.82. The van der Waals surface area contributed by atoms with Crippen molar-refractivity contribution in [3.8, 4) is 11.3 Å². The third kappa shape index (κ3) is 7.91. The van der Waals surface area contributed by atoms with Crippen LogP contribution in [0.3, 0.4) is 0 Å². The summed E-state index contributed by atoms with van der Waals surface area (Å²) >= 11 is 0. The van der Waals surface area contributed by atoms with Crippen LogP contribution in [-0.2, 0) is 11.3 Å². The van der Waals surface area contributed by atoms with Crippen LogP contribution in [-0.4, -0.2) is 54.9 Å². The van der Waals surface area contributed by atoms with Crippen molar-refractivity contribution in [3.05, 3.63) is 78.5 Å². The molecule has 0 fully saturated rings. The van der Waals surface area contributed by atoms with Gasteiger partial charge in [0.25, 0.3) is 5.91 Å². The van der Waals surface area contributed by atoms with Gasteiger partial charge in [0, 0.05) is 18.3 Å². The normalized spacial score (nSPS) is 14.7. The van der Waals surface area contributed by atoms with Crippen LogP contribution in [0.1, 0.15) is 65.5 Å². The Morgan fingerprint density at radius 1 is 1.10 bits per heavy atom. The van der Waals surface area contributed by atoms with Gasteiger partial charge in [-0.15, -0.1) is 0 Å². The number of amides is 2. The molecule has 0 aliphatic rings. The predicted octanol–water partition coefficient (Wildman–Crippen LogP) is 5.88. The van der Waals surface area contributed by atoms with Crippen molar-refractivity contribution in [2.45, 2.75) is 84.7 Å². The molecule has 3 rings (SSSR count). The smallest absolute Gasteiger partial charge is 0.407 e. The van der Waals surface area contributed by atoms with Gasteiger partial charge in [0.2, 0.25) is 0 Å². The van der Waals surface area contributed by atoms with Crippen molar-refractivity contribution in [3.63, 3.8) is 0 Å². The number of hydrogen-bond donors (Lipinski definition) is 3. The van der Waals surface area contributed by atoms with Crippen molar-refractivity contribution in [2.24, 2.45) is 5.41 Å². The summed E-state index contributed by atoms with van der Waals surface area (Å²) in [6, 6.07) is 13.5. The molecule has 216 valence electrons. The number of carbonyl (C=O) groups excluding carboxylic acids is 1. The Morgan fingerprint density at radius 3 is 2.33 bits per heavy atom. The Kier molecular flexibility index (Phi) is 10.5. The maximum atomic E-state index is 13.4. The van der Waals surface area contributed by atoms with Gasteiger partial charge in [-0.1, -0.05) is 70.9 Å². The first kappa shape index (κ1) is 30.8. The number of halogens is 1.